The van der Waals surface area contributed by atoms with Gasteiger partial charge in [-0.15, -0.1) is 11.3 Å². The molecule has 0 atom stereocenters. The Hall–Kier alpha value is -1.39. The monoisotopic (exact) mass is 308 g/mol. The van der Waals surface area contributed by atoms with Crippen molar-refractivity contribution in [3.05, 3.63) is 56.7 Å². The summed E-state index contributed by atoms with van der Waals surface area (Å²) in [7, 11) is 0. The summed E-state index contributed by atoms with van der Waals surface area (Å²) in [6.07, 6.45) is 3.20. The molecular weight excluding hydrogens is 300 g/mol. The Labute approximate surface area is 111 Å². The van der Waals surface area contributed by atoms with Crippen LogP contribution in [0.15, 0.2) is 46.3 Å². The number of phenolic OH excluding ortho intramolecular Hbond substituents is 1. The molecule has 4 heteroatoms. The second-order valence-corrected chi connectivity index (χ2v) is 5.86. The average Bonchev–Trinajstić information content (AvgIpc) is 2.73. The van der Waals surface area contributed by atoms with Crippen molar-refractivity contribution in [1.82, 2.24) is 0 Å². The molecule has 0 aliphatic heterocycles. The van der Waals surface area contributed by atoms with Crippen molar-refractivity contribution in [3.8, 4) is 5.75 Å². The quantitative estimate of drug-likeness (QED) is 0.684. The lowest BCUT2D eigenvalue weighted by Gasteiger charge is -1.94. The van der Waals surface area contributed by atoms with Gasteiger partial charge in [-0.25, -0.2) is 0 Å². The Morgan fingerprint density at radius 2 is 2.12 bits per heavy atom. The first kappa shape index (κ1) is 12.1. The summed E-state index contributed by atoms with van der Waals surface area (Å²) in [5.41, 5.74) is 0.800. The van der Waals surface area contributed by atoms with E-state index < -0.39 is 0 Å². The minimum atomic E-state index is -0.0379. The molecule has 0 saturated heterocycles. The normalized spacial score (nSPS) is 10.9. The van der Waals surface area contributed by atoms with Crippen LogP contribution in [0.1, 0.15) is 15.2 Å². The van der Waals surface area contributed by atoms with Crippen LogP contribution in [-0.4, -0.2) is 10.9 Å². The number of halogens is 1. The maximum atomic E-state index is 11.8. The van der Waals surface area contributed by atoms with Crippen LogP contribution in [0.25, 0.3) is 6.08 Å². The van der Waals surface area contributed by atoms with Gasteiger partial charge in [-0.05, 0) is 51.8 Å². The molecule has 1 aromatic carbocycles. The molecule has 0 unspecified atom stereocenters. The third-order valence-electron chi connectivity index (χ3n) is 2.11. The van der Waals surface area contributed by atoms with Crippen molar-refractivity contribution in [1.29, 1.82) is 0 Å². The zero-order valence-corrected chi connectivity index (χ0v) is 11.2. The molecule has 0 bridgehead atoms. The van der Waals surface area contributed by atoms with E-state index in [4.69, 9.17) is 0 Å². The SMILES string of the molecule is O=C(/C=C/c1cccc(O)c1)c1ccc(Br)s1. The number of carbonyl (C=O) groups excluding carboxylic acids is 1. The topological polar surface area (TPSA) is 37.3 Å². The second kappa shape index (κ2) is 5.29. The Kier molecular flexibility index (Phi) is 3.76. The molecule has 0 spiro atoms. The molecule has 0 fully saturated rings. The molecule has 2 rings (SSSR count). The molecule has 17 heavy (non-hydrogen) atoms. The molecule has 2 aromatic rings. The fourth-order valence-corrected chi connectivity index (χ4v) is 2.64. The summed E-state index contributed by atoms with van der Waals surface area (Å²) in [4.78, 5) is 12.4. The smallest absolute Gasteiger partial charge is 0.195 e. The van der Waals surface area contributed by atoms with Gasteiger partial charge in [0, 0.05) is 0 Å². The summed E-state index contributed by atoms with van der Waals surface area (Å²) in [6, 6.07) is 10.4. The molecule has 0 aliphatic rings. The number of hydrogen-bond donors (Lipinski definition) is 1. The van der Waals surface area contributed by atoms with Crippen LogP contribution in [-0.2, 0) is 0 Å². The van der Waals surface area contributed by atoms with Gasteiger partial charge in [-0.2, -0.15) is 0 Å². The molecular formula is C13H9BrO2S. The molecule has 0 radical (unpaired) electrons. The first-order valence-electron chi connectivity index (χ1n) is 4.92. The lowest BCUT2D eigenvalue weighted by Crippen LogP contribution is -1.88. The summed E-state index contributed by atoms with van der Waals surface area (Å²) in [5, 5.41) is 9.28. The highest BCUT2D eigenvalue weighted by Crippen LogP contribution is 2.23. The van der Waals surface area contributed by atoms with E-state index in [9.17, 15) is 9.90 Å². The molecule has 1 N–H and O–H groups in total. The zero-order chi connectivity index (χ0) is 12.3. The van der Waals surface area contributed by atoms with Crippen LogP contribution in [0.2, 0.25) is 0 Å². The van der Waals surface area contributed by atoms with E-state index in [-0.39, 0.29) is 11.5 Å². The van der Waals surface area contributed by atoms with Crippen molar-refractivity contribution in [2.75, 3.05) is 0 Å². The van der Waals surface area contributed by atoms with Crippen LogP contribution in [0, 0.1) is 0 Å². The van der Waals surface area contributed by atoms with Gasteiger partial charge in [-0.1, -0.05) is 18.2 Å². The number of ketones is 1. The third-order valence-corrected chi connectivity index (χ3v) is 3.75. The minimum Gasteiger partial charge on any atom is -0.508 e. The van der Waals surface area contributed by atoms with E-state index in [1.807, 2.05) is 12.1 Å². The van der Waals surface area contributed by atoms with Crippen molar-refractivity contribution >= 4 is 39.1 Å². The van der Waals surface area contributed by atoms with Gasteiger partial charge in [0.2, 0.25) is 0 Å². The van der Waals surface area contributed by atoms with Crippen molar-refractivity contribution in [3.63, 3.8) is 0 Å². The van der Waals surface area contributed by atoms with Crippen LogP contribution < -0.4 is 0 Å². The van der Waals surface area contributed by atoms with E-state index in [0.29, 0.717) is 4.88 Å². The number of phenols is 1. The summed E-state index contributed by atoms with van der Waals surface area (Å²) < 4.78 is 0.937. The molecule has 0 aliphatic carbocycles. The van der Waals surface area contributed by atoms with Gasteiger partial charge in [-0.3, -0.25) is 4.79 Å². The maximum Gasteiger partial charge on any atom is 0.195 e. The highest BCUT2D eigenvalue weighted by Gasteiger charge is 2.04. The summed E-state index contributed by atoms with van der Waals surface area (Å²) in [6.45, 7) is 0. The van der Waals surface area contributed by atoms with Gasteiger partial charge >= 0.3 is 0 Å². The highest BCUT2D eigenvalue weighted by molar-refractivity contribution is 9.11. The molecule has 0 amide bonds. The van der Waals surface area contributed by atoms with E-state index in [1.54, 1.807) is 30.3 Å². The van der Waals surface area contributed by atoms with Crippen molar-refractivity contribution in [2.45, 2.75) is 0 Å². The Balaban J connectivity index is 2.13. The Bertz CT molecular complexity index is 572. The van der Waals surface area contributed by atoms with E-state index in [2.05, 4.69) is 15.9 Å². The van der Waals surface area contributed by atoms with Crippen LogP contribution in [0.3, 0.4) is 0 Å². The second-order valence-electron chi connectivity index (χ2n) is 3.40. The summed E-state index contributed by atoms with van der Waals surface area (Å²) >= 11 is 4.72. The summed E-state index contributed by atoms with van der Waals surface area (Å²) in [5.74, 6) is 0.155. The third kappa shape index (κ3) is 3.28. The number of allylic oxidation sites excluding steroid dienone is 1. The highest BCUT2D eigenvalue weighted by atomic mass is 79.9. The maximum absolute atomic E-state index is 11.8. The van der Waals surface area contributed by atoms with Gasteiger partial charge in [0.15, 0.2) is 5.78 Å². The first-order valence-corrected chi connectivity index (χ1v) is 6.53. The van der Waals surface area contributed by atoms with E-state index in [1.165, 1.54) is 17.4 Å². The van der Waals surface area contributed by atoms with Crippen LogP contribution in [0.4, 0.5) is 0 Å². The zero-order valence-electron chi connectivity index (χ0n) is 8.76. The Morgan fingerprint density at radius 3 is 2.76 bits per heavy atom. The van der Waals surface area contributed by atoms with Gasteiger partial charge in [0.25, 0.3) is 0 Å². The number of hydrogen-bond acceptors (Lipinski definition) is 3. The lowest BCUT2D eigenvalue weighted by atomic mass is 10.2. The minimum absolute atomic E-state index is 0.0379. The van der Waals surface area contributed by atoms with Crippen molar-refractivity contribution in [2.24, 2.45) is 0 Å². The van der Waals surface area contributed by atoms with Crippen LogP contribution >= 0.6 is 27.3 Å². The molecule has 1 heterocycles. The number of aromatic hydroxyl groups is 1. The molecule has 1 aromatic heterocycles. The molecule has 0 saturated carbocycles. The Morgan fingerprint density at radius 1 is 1.29 bits per heavy atom. The molecule has 2 nitrogen and oxygen atoms in total. The molecule has 86 valence electrons. The number of benzene rings is 1. The first-order chi connectivity index (χ1) is 8.15. The largest absolute Gasteiger partial charge is 0.508 e. The standard InChI is InChI=1S/C13H9BrO2S/c14-13-7-6-12(17-13)11(16)5-4-9-2-1-3-10(15)8-9/h1-8,15H/b5-4+. The van der Waals surface area contributed by atoms with E-state index >= 15 is 0 Å². The van der Waals surface area contributed by atoms with Gasteiger partial charge < -0.3 is 5.11 Å². The average molecular weight is 309 g/mol. The predicted molar refractivity (Wildman–Crippen MR) is 73.5 cm³/mol. The van der Waals surface area contributed by atoms with Crippen LogP contribution in [0.5, 0.6) is 5.75 Å². The number of carbonyl (C=O) groups is 1. The van der Waals surface area contributed by atoms with Gasteiger partial charge in [0.05, 0.1) is 8.66 Å². The van der Waals surface area contributed by atoms with Crippen molar-refractivity contribution < 1.29 is 9.90 Å². The number of thiophene rings is 1. The van der Waals surface area contributed by atoms with Gasteiger partial charge in [0.1, 0.15) is 5.75 Å². The fourth-order valence-electron chi connectivity index (χ4n) is 1.33. The van der Waals surface area contributed by atoms with E-state index in [0.717, 1.165) is 9.35 Å². The predicted octanol–water partition coefficient (Wildman–Crippen LogP) is 4.11. The fraction of sp³-hybridized carbons (Fsp3) is 0. The number of rotatable bonds is 3. The lowest BCUT2D eigenvalue weighted by molar-refractivity contribution is 0.105.